The summed E-state index contributed by atoms with van der Waals surface area (Å²) in [4.78, 5) is 10.8. The number of nitrogens with zero attached hydrogens (tertiary/aromatic N) is 3. The molecule has 0 aliphatic heterocycles. The maximum atomic E-state index is 14.9. The monoisotopic (exact) mass is 761 g/mol. The third kappa shape index (κ3) is 6.09. The van der Waals surface area contributed by atoms with Crippen LogP contribution in [0.3, 0.4) is 0 Å². The van der Waals surface area contributed by atoms with Gasteiger partial charge in [-0.15, -0.1) is 11.3 Å². The zero-order chi connectivity index (χ0) is 38.9. The van der Waals surface area contributed by atoms with Gasteiger partial charge in [-0.05, 0) is 94.3 Å². The average Bonchev–Trinajstić information content (AvgIpc) is 3.74. The highest BCUT2D eigenvalue weighted by molar-refractivity contribution is 7.19. The van der Waals surface area contributed by atoms with Crippen LogP contribution in [0.1, 0.15) is 61.1 Å². The van der Waals surface area contributed by atoms with Crippen LogP contribution in [0.2, 0.25) is 0 Å². The molecule has 4 heterocycles. The van der Waals surface area contributed by atoms with E-state index in [1.165, 1.54) is 6.07 Å². The van der Waals surface area contributed by atoms with Gasteiger partial charge >= 0.3 is 6.18 Å². The summed E-state index contributed by atoms with van der Waals surface area (Å²) >= 11 is 1.65. The Morgan fingerprint density at radius 3 is 1.86 bits per heavy atom. The third-order valence-corrected chi connectivity index (χ3v) is 11.6. The van der Waals surface area contributed by atoms with Gasteiger partial charge in [0.05, 0.1) is 16.7 Å². The molecule has 278 valence electrons. The Bertz CT molecular complexity index is 2900. The molecule has 5 aromatic carbocycles. The molecule has 0 atom stereocenters. The van der Waals surface area contributed by atoms with E-state index in [9.17, 15) is 13.2 Å². The van der Waals surface area contributed by atoms with E-state index in [-0.39, 0.29) is 17.7 Å². The van der Waals surface area contributed by atoms with Crippen LogP contribution in [0.15, 0.2) is 127 Å². The number of hydrogen-bond acceptors (Lipinski definition) is 4. The Balaban J connectivity index is 1.30. The smallest absolute Gasteiger partial charge is 0.420 e. The maximum Gasteiger partial charge on any atom is 0.421 e. The van der Waals surface area contributed by atoms with Gasteiger partial charge in [0.25, 0.3) is 0 Å². The summed E-state index contributed by atoms with van der Waals surface area (Å²) in [6.07, 6.45) is -4.74. The Hall–Kier alpha value is -5.99. The molecule has 0 saturated heterocycles. The lowest BCUT2D eigenvalue weighted by Crippen LogP contribution is -2.10. The van der Waals surface area contributed by atoms with Crippen molar-refractivity contribution in [1.29, 1.82) is 0 Å². The highest BCUT2D eigenvalue weighted by Gasteiger charge is 2.36. The van der Waals surface area contributed by atoms with Crippen molar-refractivity contribution < 1.29 is 17.9 Å². The number of rotatable bonds is 7. The number of aromatic nitrogens is 3. The molecule has 0 N–H and O–H groups in total. The predicted octanol–water partition coefficient (Wildman–Crippen LogP) is 14.6. The molecular weight excluding hydrogens is 724 g/mol. The second-order valence-corrected chi connectivity index (χ2v) is 16.2. The number of pyridine rings is 2. The zero-order valence-corrected chi connectivity index (χ0v) is 32.4. The summed E-state index contributed by atoms with van der Waals surface area (Å²) in [5, 5.41) is 5.11. The molecule has 4 nitrogen and oxygen atoms in total. The fourth-order valence-corrected chi connectivity index (χ4v) is 9.04. The first kappa shape index (κ1) is 35.7. The van der Waals surface area contributed by atoms with Crippen molar-refractivity contribution in [3.05, 3.63) is 149 Å². The second-order valence-electron chi connectivity index (χ2n) is 14.9. The van der Waals surface area contributed by atoms with E-state index >= 15 is 0 Å². The fourth-order valence-electron chi connectivity index (χ4n) is 8.06. The van der Waals surface area contributed by atoms with Gasteiger partial charge < -0.3 is 4.74 Å². The number of para-hydroxylation sites is 2. The molecule has 0 aliphatic carbocycles. The van der Waals surface area contributed by atoms with Crippen LogP contribution in [0.5, 0.6) is 11.8 Å². The Morgan fingerprint density at radius 1 is 0.625 bits per heavy atom. The molecule has 0 fully saturated rings. The van der Waals surface area contributed by atoms with E-state index in [2.05, 4.69) is 80.6 Å². The minimum absolute atomic E-state index is 0.0111. The zero-order valence-electron chi connectivity index (χ0n) is 31.6. The van der Waals surface area contributed by atoms with Gasteiger partial charge in [-0.2, -0.15) is 18.2 Å². The highest BCUT2D eigenvalue weighted by Crippen LogP contribution is 2.44. The number of benzene rings is 5. The lowest BCUT2D eigenvalue weighted by Gasteiger charge is -2.21. The number of alkyl halides is 3. The van der Waals surface area contributed by atoms with Gasteiger partial charge in [0, 0.05) is 37.4 Å². The summed E-state index contributed by atoms with van der Waals surface area (Å²) in [7, 11) is 0. The van der Waals surface area contributed by atoms with Crippen molar-refractivity contribution >= 4 is 54.0 Å². The second kappa shape index (κ2) is 13.6. The summed E-state index contributed by atoms with van der Waals surface area (Å²) < 4.78 is 54.1. The summed E-state index contributed by atoms with van der Waals surface area (Å²) in [5.74, 6) is 0.328. The first-order valence-electron chi connectivity index (χ1n) is 18.8. The van der Waals surface area contributed by atoms with Crippen LogP contribution >= 0.6 is 11.3 Å². The highest BCUT2D eigenvalue weighted by atomic mass is 32.1. The number of hydrogen-bond donors (Lipinski definition) is 0. The van der Waals surface area contributed by atoms with Crippen molar-refractivity contribution in [2.75, 3.05) is 0 Å². The van der Waals surface area contributed by atoms with Crippen LogP contribution < -0.4 is 4.74 Å². The number of halogens is 3. The lowest BCUT2D eigenvalue weighted by atomic mass is 9.85. The number of fused-ring (bicyclic) bond motifs is 6. The van der Waals surface area contributed by atoms with Crippen LogP contribution in [0, 0.1) is 6.92 Å². The van der Waals surface area contributed by atoms with Gasteiger partial charge in [-0.3, -0.25) is 4.57 Å². The van der Waals surface area contributed by atoms with Crippen molar-refractivity contribution in [1.82, 2.24) is 14.5 Å². The molecule has 9 aromatic rings. The summed E-state index contributed by atoms with van der Waals surface area (Å²) in [6.45, 7) is 10.7. The first-order valence-corrected chi connectivity index (χ1v) is 19.6. The largest absolute Gasteiger partial charge is 0.421 e. The maximum absolute atomic E-state index is 14.9. The van der Waals surface area contributed by atoms with Crippen LogP contribution in [0.4, 0.5) is 13.2 Å². The Labute approximate surface area is 326 Å². The average molecular weight is 762 g/mol. The number of aryl methyl sites for hydroxylation is 1. The van der Waals surface area contributed by atoms with Gasteiger partial charge in [0.2, 0.25) is 11.8 Å². The fraction of sp³-hybridized carbons (Fsp3) is 0.167. The van der Waals surface area contributed by atoms with Crippen LogP contribution in [0.25, 0.3) is 70.9 Å². The van der Waals surface area contributed by atoms with E-state index < -0.39 is 17.6 Å². The number of thiophene rings is 1. The van der Waals surface area contributed by atoms with E-state index in [4.69, 9.17) is 9.72 Å². The van der Waals surface area contributed by atoms with E-state index in [1.54, 1.807) is 17.4 Å². The minimum atomic E-state index is -4.74. The van der Waals surface area contributed by atoms with Gasteiger partial charge in [0.15, 0.2) is 0 Å². The van der Waals surface area contributed by atoms with E-state index in [1.807, 2.05) is 72.8 Å². The summed E-state index contributed by atoms with van der Waals surface area (Å²) in [5.41, 5.74) is 6.06. The Kier molecular flexibility index (Phi) is 8.69. The quantitative estimate of drug-likeness (QED) is 0.162. The van der Waals surface area contributed by atoms with Gasteiger partial charge in [-0.1, -0.05) is 107 Å². The van der Waals surface area contributed by atoms with Gasteiger partial charge in [-0.25, -0.2) is 4.98 Å². The van der Waals surface area contributed by atoms with Crippen molar-refractivity contribution in [3.63, 3.8) is 0 Å². The molecule has 9 rings (SSSR count). The SMILES string of the molecule is Cc1cc2c(cc(-c3ccc(C(F)(F)F)c(Oc4cc(-c5c(C(C)C)cccc5C(C)C)cc(-n5c6ccccc6c6ccccc65)n4)n3)c3ccccc32)s1. The molecule has 0 radical (unpaired) electrons. The van der Waals surface area contributed by atoms with E-state index in [0.717, 1.165) is 81.4 Å². The molecule has 0 saturated carbocycles. The standard InChI is InChI=1S/C48H38F3N3OS/c1-27(2)31-17-12-18-32(28(3)4)46(31)30-24-44(54-41-19-10-8-15-35(41)36-16-9-11-20-42(36)54)53-45(25-30)55-47-39(48(49,50)51)21-22-40(52-47)37-26-43-38(23-29(5)56-43)34-14-7-6-13-33(34)37/h6-28H,1-5H3. The molecule has 8 heteroatoms. The molecule has 0 spiro atoms. The minimum Gasteiger partial charge on any atom is -0.420 e. The molecule has 0 unspecified atom stereocenters. The van der Waals surface area contributed by atoms with Crippen molar-refractivity contribution in [2.45, 2.75) is 52.6 Å². The van der Waals surface area contributed by atoms with Crippen LogP contribution in [-0.4, -0.2) is 14.5 Å². The lowest BCUT2D eigenvalue weighted by molar-refractivity contribution is -0.138. The van der Waals surface area contributed by atoms with Crippen molar-refractivity contribution in [3.8, 4) is 40.0 Å². The molecule has 56 heavy (non-hydrogen) atoms. The van der Waals surface area contributed by atoms with Crippen molar-refractivity contribution in [2.24, 2.45) is 0 Å². The first-order chi connectivity index (χ1) is 27.0. The topological polar surface area (TPSA) is 39.9 Å². The summed E-state index contributed by atoms with van der Waals surface area (Å²) in [6, 6.07) is 40.9. The third-order valence-electron chi connectivity index (χ3n) is 10.6. The predicted molar refractivity (Wildman–Crippen MR) is 225 cm³/mol. The van der Waals surface area contributed by atoms with E-state index in [0.29, 0.717) is 11.5 Å². The number of ether oxygens (including phenoxy) is 1. The Morgan fingerprint density at radius 2 is 1.23 bits per heavy atom. The molecule has 0 bridgehead atoms. The normalized spacial score (nSPS) is 12.2. The van der Waals surface area contributed by atoms with Gasteiger partial charge in [0.1, 0.15) is 11.4 Å². The molecule has 0 amide bonds. The van der Waals surface area contributed by atoms with Crippen LogP contribution in [-0.2, 0) is 6.18 Å². The molecule has 4 aromatic heterocycles. The molecule has 0 aliphatic rings. The molecular formula is C48H38F3N3OS.